The maximum Gasteiger partial charge on any atom is 0.221 e. The molecule has 1 aromatic heterocycles. The molecule has 0 saturated carbocycles. The molecule has 0 aliphatic rings. The molecule has 0 aliphatic heterocycles. The van der Waals surface area contributed by atoms with Gasteiger partial charge in [-0.15, -0.1) is 0 Å². The molecule has 0 bridgehead atoms. The van der Waals surface area contributed by atoms with Gasteiger partial charge in [0.2, 0.25) is 5.88 Å². The summed E-state index contributed by atoms with van der Waals surface area (Å²) in [5, 5.41) is 5.71. The third kappa shape index (κ3) is 3.58. The Morgan fingerprint density at radius 3 is 2.75 bits per heavy atom. The summed E-state index contributed by atoms with van der Waals surface area (Å²) in [6, 6.07) is 8.22. The summed E-state index contributed by atoms with van der Waals surface area (Å²) in [7, 11) is 0. The van der Waals surface area contributed by atoms with Gasteiger partial charge in [0.25, 0.3) is 0 Å². The quantitative estimate of drug-likeness (QED) is 0.781. The van der Waals surface area contributed by atoms with Crippen LogP contribution in [0.25, 0.3) is 10.8 Å². The fraction of sp³-hybridized carbons (Fsp3) is 0.353. The number of pyridine rings is 1. The predicted molar refractivity (Wildman–Crippen MR) is 84.0 cm³/mol. The van der Waals surface area contributed by atoms with Crippen molar-refractivity contribution in [1.29, 1.82) is 0 Å². The lowest BCUT2D eigenvalue weighted by Crippen LogP contribution is -2.19. The molecule has 1 aromatic carbocycles. The monoisotopic (exact) mass is 270 g/mol. The minimum atomic E-state index is 0.474. The maximum atomic E-state index is 5.62. The second-order valence-electron chi connectivity index (χ2n) is 5.26. The van der Waals surface area contributed by atoms with Crippen LogP contribution in [0.1, 0.15) is 19.4 Å². The van der Waals surface area contributed by atoms with Crippen LogP contribution in [0.5, 0.6) is 5.88 Å². The van der Waals surface area contributed by atoms with E-state index in [2.05, 4.69) is 36.8 Å². The molecule has 0 fully saturated rings. The minimum absolute atomic E-state index is 0.474. The zero-order valence-corrected chi connectivity index (χ0v) is 12.2. The van der Waals surface area contributed by atoms with Crippen LogP contribution in [0, 0.1) is 5.92 Å². The standard InChI is InChI=1S/C17H22N2O/c1-4-9-20-17-16-8-6-5-7-15(16)14(12-19-17)11-18-10-13(2)3/h4-8,12-13,18H,1,9-11H2,2-3H3. The van der Waals surface area contributed by atoms with E-state index in [0.29, 0.717) is 18.4 Å². The summed E-state index contributed by atoms with van der Waals surface area (Å²) in [6.45, 7) is 10.4. The zero-order valence-electron chi connectivity index (χ0n) is 12.2. The van der Waals surface area contributed by atoms with E-state index in [1.165, 1.54) is 10.9 Å². The van der Waals surface area contributed by atoms with E-state index in [1.54, 1.807) is 6.08 Å². The summed E-state index contributed by atoms with van der Waals surface area (Å²) in [6.07, 6.45) is 3.63. The van der Waals surface area contributed by atoms with Crippen molar-refractivity contribution in [3.8, 4) is 5.88 Å². The van der Waals surface area contributed by atoms with Crippen LogP contribution in [0.4, 0.5) is 0 Å². The molecule has 2 rings (SSSR count). The van der Waals surface area contributed by atoms with Gasteiger partial charge in [-0.05, 0) is 29.5 Å². The zero-order chi connectivity index (χ0) is 14.4. The SMILES string of the molecule is C=CCOc1ncc(CNCC(C)C)c2ccccc12. The van der Waals surface area contributed by atoms with Crippen molar-refractivity contribution >= 4 is 10.8 Å². The molecule has 3 heteroatoms. The number of rotatable bonds is 7. The highest BCUT2D eigenvalue weighted by atomic mass is 16.5. The van der Waals surface area contributed by atoms with Crippen molar-refractivity contribution in [3.63, 3.8) is 0 Å². The fourth-order valence-corrected chi connectivity index (χ4v) is 2.11. The number of benzene rings is 1. The first-order chi connectivity index (χ1) is 9.72. The summed E-state index contributed by atoms with van der Waals surface area (Å²) < 4.78 is 5.62. The smallest absolute Gasteiger partial charge is 0.221 e. The number of ether oxygens (including phenoxy) is 1. The highest BCUT2D eigenvalue weighted by Crippen LogP contribution is 2.26. The number of hydrogen-bond acceptors (Lipinski definition) is 3. The van der Waals surface area contributed by atoms with E-state index in [1.807, 2.05) is 24.4 Å². The Balaban J connectivity index is 2.26. The minimum Gasteiger partial charge on any atom is -0.473 e. The highest BCUT2D eigenvalue weighted by Gasteiger charge is 2.07. The van der Waals surface area contributed by atoms with Crippen molar-refractivity contribution < 1.29 is 4.74 Å². The maximum absolute atomic E-state index is 5.62. The first-order valence-electron chi connectivity index (χ1n) is 7.03. The predicted octanol–water partition coefficient (Wildman–Crippen LogP) is 3.55. The molecule has 0 atom stereocenters. The number of nitrogens with zero attached hydrogens (tertiary/aromatic N) is 1. The third-order valence-electron chi connectivity index (χ3n) is 3.05. The first kappa shape index (κ1) is 14.5. The van der Waals surface area contributed by atoms with Crippen LogP contribution in [0.2, 0.25) is 0 Å². The Morgan fingerprint density at radius 1 is 1.30 bits per heavy atom. The molecule has 1 N–H and O–H groups in total. The fourth-order valence-electron chi connectivity index (χ4n) is 2.11. The Bertz CT molecular complexity index is 578. The van der Waals surface area contributed by atoms with E-state index < -0.39 is 0 Å². The Morgan fingerprint density at radius 2 is 2.05 bits per heavy atom. The topological polar surface area (TPSA) is 34.1 Å². The summed E-state index contributed by atoms with van der Waals surface area (Å²) in [4.78, 5) is 4.43. The summed E-state index contributed by atoms with van der Waals surface area (Å²) in [5.74, 6) is 1.32. The lowest BCUT2D eigenvalue weighted by Gasteiger charge is -2.12. The van der Waals surface area contributed by atoms with E-state index >= 15 is 0 Å². The van der Waals surface area contributed by atoms with Gasteiger partial charge in [-0.25, -0.2) is 4.98 Å². The van der Waals surface area contributed by atoms with Crippen LogP contribution >= 0.6 is 0 Å². The average molecular weight is 270 g/mol. The molecule has 1 heterocycles. The number of aromatic nitrogens is 1. The second kappa shape index (κ2) is 7.06. The largest absolute Gasteiger partial charge is 0.473 e. The molecule has 0 spiro atoms. The molecular formula is C17H22N2O. The van der Waals surface area contributed by atoms with Crippen molar-refractivity contribution in [3.05, 3.63) is 48.7 Å². The Kier molecular flexibility index (Phi) is 5.13. The van der Waals surface area contributed by atoms with E-state index in [-0.39, 0.29) is 0 Å². The van der Waals surface area contributed by atoms with Crippen LogP contribution in [0.3, 0.4) is 0 Å². The van der Waals surface area contributed by atoms with Crippen molar-refractivity contribution in [2.24, 2.45) is 5.92 Å². The summed E-state index contributed by atoms with van der Waals surface area (Å²) >= 11 is 0. The number of hydrogen-bond donors (Lipinski definition) is 1. The Hall–Kier alpha value is -1.87. The lowest BCUT2D eigenvalue weighted by molar-refractivity contribution is 0.353. The second-order valence-corrected chi connectivity index (χ2v) is 5.26. The van der Waals surface area contributed by atoms with Gasteiger partial charge in [-0.2, -0.15) is 0 Å². The van der Waals surface area contributed by atoms with Crippen molar-refractivity contribution in [1.82, 2.24) is 10.3 Å². The van der Waals surface area contributed by atoms with Crippen molar-refractivity contribution in [2.45, 2.75) is 20.4 Å². The molecule has 0 aliphatic carbocycles. The normalized spacial score (nSPS) is 10.9. The number of nitrogens with one attached hydrogen (secondary N) is 1. The molecule has 0 saturated heterocycles. The van der Waals surface area contributed by atoms with Gasteiger partial charge in [0.1, 0.15) is 6.61 Å². The first-order valence-corrected chi connectivity index (χ1v) is 7.03. The molecule has 0 amide bonds. The van der Waals surface area contributed by atoms with Gasteiger partial charge in [0, 0.05) is 18.1 Å². The van der Waals surface area contributed by atoms with Gasteiger partial charge in [-0.3, -0.25) is 0 Å². The molecule has 3 nitrogen and oxygen atoms in total. The van der Waals surface area contributed by atoms with Crippen molar-refractivity contribution in [2.75, 3.05) is 13.2 Å². The van der Waals surface area contributed by atoms with Gasteiger partial charge >= 0.3 is 0 Å². The van der Waals surface area contributed by atoms with Crippen LogP contribution in [0.15, 0.2) is 43.1 Å². The molecule has 106 valence electrons. The Labute approximate surface area is 120 Å². The van der Waals surface area contributed by atoms with Crippen LogP contribution in [-0.4, -0.2) is 18.1 Å². The average Bonchev–Trinajstić information content (AvgIpc) is 2.46. The van der Waals surface area contributed by atoms with Crippen LogP contribution in [-0.2, 0) is 6.54 Å². The van der Waals surface area contributed by atoms with E-state index in [9.17, 15) is 0 Å². The summed E-state index contributed by atoms with van der Waals surface area (Å²) in [5.41, 5.74) is 1.20. The molecule has 20 heavy (non-hydrogen) atoms. The molecule has 0 radical (unpaired) electrons. The van der Waals surface area contributed by atoms with E-state index in [4.69, 9.17) is 4.74 Å². The van der Waals surface area contributed by atoms with Gasteiger partial charge in [0.15, 0.2) is 0 Å². The molecule has 0 unspecified atom stereocenters. The number of fused-ring (bicyclic) bond motifs is 1. The van der Waals surface area contributed by atoms with Gasteiger partial charge < -0.3 is 10.1 Å². The lowest BCUT2D eigenvalue weighted by atomic mass is 10.1. The van der Waals surface area contributed by atoms with E-state index in [0.717, 1.165) is 18.5 Å². The van der Waals surface area contributed by atoms with Crippen LogP contribution < -0.4 is 10.1 Å². The highest BCUT2D eigenvalue weighted by molar-refractivity contribution is 5.89. The van der Waals surface area contributed by atoms with Gasteiger partial charge in [-0.1, -0.05) is 44.7 Å². The van der Waals surface area contributed by atoms with Gasteiger partial charge in [0.05, 0.1) is 0 Å². The molecular weight excluding hydrogens is 248 g/mol. The third-order valence-corrected chi connectivity index (χ3v) is 3.05. The molecule has 2 aromatic rings.